The molecule has 0 radical (unpaired) electrons. The van der Waals surface area contributed by atoms with Crippen LogP contribution in [-0.2, 0) is 0 Å². The molecule has 3 aromatic heterocycles. The number of anilines is 1. The first-order valence-electron chi connectivity index (χ1n) is 9.06. The highest BCUT2D eigenvalue weighted by molar-refractivity contribution is 14.1. The Kier molecular flexibility index (Phi) is 5.31. The van der Waals surface area contributed by atoms with Crippen LogP contribution in [-0.4, -0.2) is 50.5 Å². The number of thiazole rings is 1. The molecule has 142 valence electrons. The van der Waals surface area contributed by atoms with Gasteiger partial charge in [-0.15, -0.1) is 16.4 Å². The van der Waals surface area contributed by atoms with Gasteiger partial charge in [0.25, 0.3) is 5.91 Å². The van der Waals surface area contributed by atoms with Crippen LogP contribution in [0.15, 0.2) is 23.7 Å². The first-order valence-corrected chi connectivity index (χ1v) is 10.9. The predicted octanol–water partition coefficient (Wildman–Crippen LogP) is 3.90. The van der Waals surface area contributed by atoms with Gasteiger partial charge in [-0.3, -0.25) is 4.79 Å². The topological polar surface area (TPSA) is 66.6 Å². The van der Waals surface area contributed by atoms with E-state index in [9.17, 15) is 4.79 Å². The van der Waals surface area contributed by atoms with E-state index in [4.69, 9.17) is 0 Å². The number of amides is 1. The number of hydrogen-bond donors (Lipinski definition) is 0. The Morgan fingerprint density at radius 1 is 1.41 bits per heavy atom. The Hall–Kier alpha value is -1.75. The maximum atomic E-state index is 13.2. The zero-order valence-corrected chi connectivity index (χ0v) is 18.3. The lowest BCUT2D eigenvalue weighted by Crippen LogP contribution is -2.33. The lowest BCUT2D eigenvalue weighted by Gasteiger charge is -2.23. The first kappa shape index (κ1) is 18.6. The van der Waals surface area contributed by atoms with Gasteiger partial charge in [0, 0.05) is 37.3 Å². The molecule has 9 heteroatoms. The van der Waals surface area contributed by atoms with Gasteiger partial charge in [-0.05, 0) is 37.3 Å². The summed E-state index contributed by atoms with van der Waals surface area (Å²) in [5.41, 5.74) is 1.32. The zero-order valence-electron chi connectivity index (χ0n) is 15.3. The van der Waals surface area contributed by atoms with E-state index in [1.807, 2.05) is 32.6 Å². The summed E-state index contributed by atoms with van der Waals surface area (Å²) in [4.78, 5) is 24.1. The van der Waals surface area contributed by atoms with Crippen LogP contribution >= 0.6 is 34.2 Å². The summed E-state index contributed by atoms with van der Waals surface area (Å²) >= 11 is 3.69. The Balaban J connectivity index is 1.74. The molecule has 1 aliphatic rings. The van der Waals surface area contributed by atoms with Crippen molar-refractivity contribution in [3.8, 4) is 10.8 Å². The Morgan fingerprint density at radius 2 is 2.22 bits per heavy atom. The highest BCUT2D eigenvalue weighted by atomic mass is 127. The molecule has 0 spiro atoms. The number of aromatic nitrogens is 4. The summed E-state index contributed by atoms with van der Waals surface area (Å²) in [6.07, 6.45) is 5.16. The second-order valence-electron chi connectivity index (χ2n) is 6.82. The van der Waals surface area contributed by atoms with Crippen molar-refractivity contribution >= 4 is 51.6 Å². The predicted molar refractivity (Wildman–Crippen MR) is 115 cm³/mol. The molecule has 1 aliphatic carbocycles. The van der Waals surface area contributed by atoms with E-state index in [1.165, 1.54) is 24.2 Å². The van der Waals surface area contributed by atoms with E-state index >= 15 is 0 Å². The minimum absolute atomic E-state index is 0.0737. The summed E-state index contributed by atoms with van der Waals surface area (Å²) in [5.74, 6) is 2.14. The standard InChI is InChI=1S/C18H21IN6OS/c1-3-7-24(11-12-4-5-12)18(26)13-9-14-21-16(17-20-6-8-27-17)22-25(14)15(10-13)23(2)19/h6,8-10,12H,3-5,7,11H2,1-2H3. The van der Waals surface area contributed by atoms with Crippen molar-refractivity contribution in [2.24, 2.45) is 5.92 Å². The molecule has 4 rings (SSSR count). The van der Waals surface area contributed by atoms with Crippen LogP contribution in [0.3, 0.4) is 0 Å². The highest BCUT2D eigenvalue weighted by Crippen LogP contribution is 2.31. The highest BCUT2D eigenvalue weighted by Gasteiger charge is 2.27. The summed E-state index contributed by atoms with van der Waals surface area (Å²) < 4.78 is 3.69. The van der Waals surface area contributed by atoms with Crippen LogP contribution < -0.4 is 3.11 Å². The van der Waals surface area contributed by atoms with Gasteiger partial charge >= 0.3 is 0 Å². The molecule has 0 N–H and O–H groups in total. The molecule has 0 saturated heterocycles. The Labute approximate surface area is 175 Å². The minimum atomic E-state index is 0.0737. The van der Waals surface area contributed by atoms with Crippen LogP contribution in [0, 0.1) is 5.92 Å². The summed E-state index contributed by atoms with van der Waals surface area (Å²) in [7, 11) is 1.93. The molecule has 27 heavy (non-hydrogen) atoms. The fourth-order valence-corrected chi connectivity index (χ4v) is 3.98. The zero-order chi connectivity index (χ0) is 19.0. The molecule has 0 atom stereocenters. The van der Waals surface area contributed by atoms with Crippen LogP contribution in [0.1, 0.15) is 36.5 Å². The van der Waals surface area contributed by atoms with E-state index < -0.39 is 0 Å². The fraction of sp³-hybridized carbons (Fsp3) is 0.444. The van der Waals surface area contributed by atoms with E-state index in [0.29, 0.717) is 23.0 Å². The van der Waals surface area contributed by atoms with Crippen molar-refractivity contribution in [2.75, 3.05) is 23.3 Å². The lowest BCUT2D eigenvalue weighted by molar-refractivity contribution is 0.0747. The van der Waals surface area contributed by atoms with Gasteiger partial charge in [-0.2, -0.15) is 4.52 Å². The monoisotopic (exact) mass is 496 g/mol. The van der Waals surface area contributed by atoms with Gasteiger partial charge in [0.2, 0.25) is 5.82 Å². The largest absolute Gasteiger partial charge is 0.338 e. The van der Waals surface area contributed by atoms with Crippen LogP contribution in [0.2, 0.25) is 0 Å². The molecule has 1 fully saturated rings. The van der Waals surface area contributed by atoms with Gasteiger partial charge in [-0.1, -0.05) is 6.92 Å². The maximum Gasteiger partial charge on any atom is 0.254 e. The third-order valence-electron chi connectivity index (χ3n) is 4.56. The third kappa shape index (κ3) is 3.93. The van der Waals surface area contributed by atoms with Gasteiger partial charge in [0.15, 0.2) is 10.7 Å². The molecule has 0 unspecified atom stereocenters. The normalized spacial score (nSPS) is 13.9. The molecule has 1 saturated carbocycles. The third-order valence-corrected chi connectivity index (χ3v) is 5.82. The molecule has 7 nitrogen and oxygen atoms in total. The Morgan fingerprint density at radius 3 is 2.85 bits per heavy atom. The van der Waals surface area contributed by atoms with Crippen molar-refractivity contribution in [1.29, 1.82) is 0 Å². The SMILES string of the molecule is CCCN(CC1CC1)C(=O)c1cc(N(C)I)n2nc(-c3nccs3)nc2c1. The molecule has 1 amide bonds. The minimum Gasteiger partial charge on any atom is -0.338 e. The summed E-state index contributed by atoms with van der Waals surface area (Å²) in [6, 6.07) is 3.74. The molecule has 0 aliphatic heterocycles. The van der Waals surface area contributed by atoms with E-state index in [1.54, 1.807) is 10.7 Å². The molecule has 3 aromatic rings. The van der Waals surface area contributed by atoms with Crippen molar-refractivity contribution in [2.45, 2.75) is 26.2 Å². The van der Waals surface area contributed by atoms with E-state index in [0.717, 1.165) is 30.3 Å². The average molecular weight is 496 g/mol. The van der Waals surface area contributed by atoms with Crippen LogP contribution in [0.25, 0.3) is 16.5 Å². The number of rotatable bonds is 7. The average Bonchev–Trinajstić information content (AvgIpc) is 3.13. The quantitative estimate of drug-likeness (QED) is 0.367. The van der Waals surface area contributed by atoms with E-state index in [2.05, 4.69) is 44.9 Å². The number of halogens is 1. The van der Waals surface area contributed by atoms with E-state index in [-0.39, 0.29) is 5.91 Å². The van der Waals surface area contributed by atoms with Crippen molar-refractivity contribution < 1.29 is 4.79 Å². The molecule has 3 heterocycles. The van der Waals surface area contributed by atoms with Crippen LogP contribution in [0.4, 0.5) is 5.82 Å². The fourth-order valence-electron chi connectivity index (χ4n) is 3.07. The number of nitrogens with zero attached hydrogens (tertiary/aromatic N) is 6. The first-order chi connectivity index (χ1) is 13.1. The Bertz CT molecular complexity index is 950. The number of pyridine rings is 1. The number of fused-ring (bicyclic) bond motifs is 1. The number of carbonyl (C=O) groups excluding carboxylic acids is 1. The second-order valence-corrected chi connectivity index (χ2v) is 9.16. The van der Waals surface area contributed by atoms with Gasteiger partial charge in [-0.25, -0.2) is 9.97 Å². The molecular weight excluding hydrogens is 475 g/mol. The van der Waals surface area contributed by atoms with Gasteiger partial charge in [0.05, 0.1) is 22.9 Å². The van der Waals surface area contributed by atoms with Gasteiger partial charge in [0.1, 0.15) is 5.82 Å². The van der Waals surface area contributed by atoms with Crippen molar-refractivity contribution in [1.82, 2.24) is 24.5 Å². The van der Waals surface area contributed by atoms with Crippen molar-refractivity contribution in [3.05, 3.63) is 29.3 Å². The smallest absolute Gasteiger partial charge is 0.254 e. The molecule has 0 bridgehead atoms. The lowest BCUT2D eigenvalue weighted by atomic mass is 10.2. The van der Waals surface area contributed by atoms with Gasteiger partial charge < -0.3 is 8.01 Å². The maximum absolute atomic E-state index is 13.2. The van der Waals surface area contributed by atoms with Crippen molar-refractivity contribution in [3.63, 3.8) is 0 Å². The number of hydrogen-bond acceptors (Lipinski definition) is 6. The second kappa shape index (κ2) is 7.70. The number of carbonyl (C=O) groups is 1. The van der Waals surface area contributed by atoms with Crippen LogP contribution in [0.5, 0.6) is 0 Å². The summed E-state index contributed by atoms with van der Waals surface area (Å²) in [6.45, 7) is 3.75. The molecular formula is C18H21IN6OS. The summed E-state index contributed by atoms with van der Waals surface area (Å²) in [5, 5.41) is 7.28. The molecule has 0 aromatic carbocycles.